The summed E-state index contributed by atoms with van der Waals surface area (Å²) in [5, 5.41) is 1.97. The number of nitrogens with zero attached hydrogens (tertiary/aromatic N) is 2. The first-order valence-corrected chi connectivity index (χ1v) is 11.1. The number of hydrogen-bond acceptors (Lipinski definition) is 4. The molecule has 0 spiro atoms. The molecular weight excluding hydrogens is 378 g/mol. The molecule has 0 aliphatic rings. The highest BCUT2D eigenvalue weighted by Crippen LogP contribution is 2.25. The third-order valence-electron chi connectivity index (χ3n) is 4.28. The highest BCUT2D eigenvalue weighted by Gasteiger charge is 2.15. The molecule has 0 saturated carbocycles. The van der Waals surface area contributed by atoms with Gasteiger partial charge in [-0.3, -0.25) is 9.12 Å². The van der Waals surface area contributed by atoms with Crippen molar-refractivity contribution in [3.05, 3.63) is 71.9 Å². The van der Waals surface area contributed by atoms with Crippen LogP contribution in [0.1, 0.15) is 18.9 Å². The van der Waals surface area contributed by atoms with E-state index < -0.39 is 10.0 Å². The zero-order valence-electron chi connectivity index (χ0n) is 14.8. The molecule has 0 amide bonds. The van der Waals surface area contributed by atoms with Gasteiger partial charge in [-0.25, -0.2) is 13.4 Å². The van der Waals surface area contributed by atoms with Gasteiger partial charge in [0.25, 0.3) is 10.0 Å². The summed E-state index contributed by atoms with van der Waals surface area (Å²) in [6.07, 6.45) is 5.86. The van der Waals surface area contributed by atoms with E-state index in [-0.39, 0.29) is 4.90 Å². The highest BCUT2D eigenvalue weighted by atomic mass is 32.2. The molecule has 0 aliphatic carbocycles. The van der Waals surface area contributed by atoms with Gasteiger partial charge in [0.2, 0.25) is 0 Å². The van der Waals surface area contributed by atoms with Gasteiger partial charge >= 0.3 is 0 Å². The summed E-state index contributed by atoms with van der Waals surface area (Å²) in [6.45, 7) is 2.10. The van der Waals surface area contributed by atoms with Crippen molar-refractivity contribution in [2.75, 3.05) is 4.72 Å². The SMILES string of the molecule is CCCc1ccc(S(=O)(=O)Nc2cccc(-c3cn4ccsc4n3)c2)cc1. The number of fused-ring (bicyclic) bond motifs is 1. The second-order valence-electron chi connectivity index (χ2n) is 6.30. The minimum atomic E-state index is -3.63. The standard InChI is InChI=1S/C20H19N3O2S2/c1-2-4-15-7-9-18(10-8-15)27(24,25)22-17-6-3-5-16(13-17)19-14-23-11-12-26-20(23)21-19/h3,5-14,22H,2,4H2,1H3. The fourth-order valence-electron chi connectivity index (χ4n) is 2.95. The molecule has 1 N–H and O–H groups in total. The molecule has 0 aliphatic heterocycles. The van der Waals surface area contributed by atoms with Crippen LogP contribution < -0.4 is 4.72 Å². The average molecular weight is 398 g/mol. The maximum Gasteiger partial charge on any atom is 0.261 e. The number of aryl methyl sites for hydroxylation is 1. The molecule has 4 aromatic rings. The van der Waals surface area contributed by atoms with E-state index in [1.54, 1.807) is 35.6 Å². The van der Waals surface area contributed by atoms with Crippen LogP contribution in [-0.2, 0) is 16.4 Å². The Bertz CT molecular complexity index is 1150. The summed E-state index contributed by atoms with van der Waals surface area (Å²) in [7, 11) is -3.63. The van der Waals surface area contributed by atoms with Crippen LogP contribution in [0.5, 0.6) is 0 Å². The van der Waals surface area contributed by atoms with Crippen LogP contribution >= 0.6 is 11.3 Å². The van der Waals surface area contributed by atoms with Gasteiger partial charge < -0.3 is 0 Å². The Balaban J connectivity index is 1.59. The van der Waals surface area contributed by atoms with Crippen LogP contribution in [0, 0.1) is 0 Å². The average Bonchev–Trinajstić information content (AvgIpc) is 3.24. The smallest absolute Gasteiger partial charge is 0.261 e. The summed E-state index contributed by atoms with van der Waals surface area (Å²) in [5.74, 6) is 0. The summed E-state index contributed by atoms with van der Waals surface area (Å²) >= 11 is 1.56. The van der Waals surface area contributed by atoms with Crippen LogP contribution in [0.3, 0.4) is 0 Å². The first-order valence-electron chi connectivity index (χ1n) is 8.69. The molecule has 0 atom stereocenters. The first kappa shape index (κ1) is 17.8. The third-order valence-corrected chi connectivity index (χ3v) is 6.44. The topological polar surface area (TPSA) is 63.5 Å². The van der Waals surface area contributed by atoms with Crippen molar-refractivity contribution >= 4 is 32.0 Å². The molecule has 2 heterocycles. The van der Waals surface area contributed by atoms with Crippen molar-refractivity contribution in [1.82, 2.24) is 9.38 Å². The Labute approximate surface area is 162 Å². The monoisotopic (exact) mass is 397 g/mol. The minimum Gasteiger partial charge on any atom is -0.297 e. The van der Waals surface area contributed by atoms with E-state index in [4.69, 9.17) is 0 Å². The van der Waals surface area contributed by atoms with Gasteiger partial charge in [-0.15, -0.1) is 11.3 Å². The summed E-state index contributed by atoms with van der Waals surface area (Å²) in [4.78, 5) is 5.74. The van der Waals surface area contributed by atoms with Gasteiger partial charge in [-0.05, 0) is 36.2 Å². The van der Waals surface area contributed by atoms with E-state index in [1.165, 1.54) is 0 Å². The summed E-state index contributed by atoms with van der Waals surface area (Å²) in [6, 6.07) is 14.3. The van der Waals surface area contributed by atoms with Crippen LogP contribution in [0.4, 0.5) is 5.69 Å². The first-order chi connectivity index (χ1) is 13.0. The molecule has 27 heavy (non-hydrogen) atoms. The molecule has 5 nitrogen and oxygen atoms in total. The van der Waals surface area contributed by atoms with Crippen molar-refractivity contribution in [3.63, 3.8) is 0 Å². The van der Waals surface area contributed by atoms with E-state index in [0.717, 1.165) is 34.6 Å². The Hall–Kier alpha value is -2.64. The summed E-state index contributed by atoms with van der Waals surface area (Å²) < 4.78 is 30.0. The van der Waals surface area contributed by atoms with Crippen LogP contribution in [0.25, 0.3) is 16.2 Å². The maximum atomic E-state index is 12.7. The van der Waals surface area contributed by atoms with Gasteiger partial charge in [0.05, 0.1) is 10.6 Å². The molecule has 0 saturated heterocycles. The molecule has 0 unspecified atom stereocenters. The molecule has 0 radical (unpaired) electrons. The number of thiazole rings is 1. The second kappa shape index (κ2) is 7.17. The highest BCUT2D eigenvalue weighted by molar-refractivity contribution is 7.92. The van der Waals surface area contributed by atoms with Gasteiger partial charge in [0.1, 0.15) is 0 Å². The quantitative estimate of drug-likeness (QED) is 0.507. The fourth-order valence-corrected chi connectivity index (χ4v) is 4.70. The molecule has 0 bridgehead atoms. The van der Waals surface area contributed by atoms with Crippen LogP contribution in [0.15, 0.2) is 71.2 Å². The van der Waals surface area contributed by atoms with Crippen molar-refractivity contribution in [1.29, 1.82) is 0 Å². The number of aromatic nitrogens is 2. The summed E-state index contributed by atoms with van der Waals surface area (Å²) in [5.41, 5.74) is 3.33. The lowest BCUT2D eigenvalue weighted by molar-refractivity contribution is 0.601. The van der Waals surface area contributed by atoms with Crippen molar-refractivity contribution in [3.8, 4) is 11.3 Å². The van der Waals surface area contributed by atoms with Gasteiger partial charge in [-0.1, -0.05) is 37.6 Å². The van der Waals surface area contributed by atoms with E-state index in [9.17, 15) is 8.42 Å². The molecule has 7 heteroatoms. The largest absolute Gasteiger partial charge is 0.297 e. The van der Waals surface area contributed by atoms with Crippen molar-refractivity contribution in [2.45, 2.75) is 24.7 Å². The maximum absolute atomic E-state index is 12.7. The lowest BCUT2D eigenvalue weighted by atomic mass is 10.1. The lowest BCUT2D eigenvalue weighted by Gasteiger charge is -2.10. The van der Waals surface area contributed by atoms with Crippen LogP contribution in [-0.4, -0.2) is 17.8 Å². The van der Waals surface area contributed by atoms with Crippen LogP contribution in [0.2, 0.25) is 0 Å². The Morgan fingerprint density at radius 1 is 1.15 bits per heavy atom. The van der Waals surface area contributed by atoms with Gasteiger partial charge in [0, 0.05) is 29.0 Å². The molecule has 2 aromatic heterocycles. The number of anilines is 1. The van der Waals surface area contributed by atoms with Gasteiger partial charge in [0.15, 0.2) is 4.96 Å². The van der Waals surface area contributed by atoms with Crippen molar-refractivity contribution in [2.24, 2.45) is 0 Å². The predicted molar refractivity (Wildman–Crippen MR) is 110 cm³/mol. The fraction of sp³-hybridized carbons (Fsp3) is 0.150. The predicted octanol–water partition coefficient (Wildman–Crippen LogP) is 4.82. The van der Waals surface area contributed by atoms with E-state index in [1.807, 2.05) is 46.4 Å². The number of benzene rings is 2. The number of rotatable bonds is 6. The normalized spacial score (nSPS) is 11.7. The number of sulfonamides is 1. The third kappa shape index (κ3) is 3.74. The Morgan fingerprint density at radius 2 is 1.96 bits per heavy atom. The lowest BCUT2D eigenvalue weighted by Crippen LogP contribution is -2.13. The number of imidazole rings is 1. The molecule has 0 fully saturated rings. The molecule has 138 valence electrons. The van der Waals surface area contributed by atoms with E-state index in [2.05, 4.69) is 16.6 Å². The number of hydrogen-bond donors (Lipinski definition) is 1. The van der Waals surface area contributed by atoms with E-state index >= 15 is 0 Å². The molecule has 4 rings (SSSR count). The zero-order chi connectivity index (χ0) is 18.9. The van der Waals surface area contributed by atoms with E-state index in [0.29, 0.717) is 5.69 Å². The number of nitrogens with one attached hydrogen (secondary N) is 1. The zero-order valence-corrected chi connectivity index (χ0v) is 16.4. The Morgan fingerprint density at radius 3 is 2.70 bits per heavy atom. The molecule has 2 aromatic carbocycles. The van der Waals surface area contributed by atoms with Crippen molar-refractivity contribution < 1.29 is 8.42 Å². The van der Waals surface area contributed by atoms with Gasteiger partial charge in [-0.2, -0.15) is 0 Å². The minimum absolute atomic E-state index is 0.260. The molecular formula is C20H19N3O2S2. The second-order valence-corrected chi connectivity index (χ2v) is 8.85. The Kier molecular flexibility index (Phi) is 4.72.